The zero-order valence-electron chi connectivity index (χ0n) is 43.1. The fourth-order valence-electron chi connectivity index (χ4n) is 7.32. The number of rotatable bonds is 11. The summed E-state index contributed by atoms with van der Waals surface area (Å²) in [5.41, 5.74) is 7.70. The Morgan fingerprint density at radius 3 is 1.43 bits per heavy atom. The van der Waals surface area contributed by atoms with Gasteiger partial charge in [-0.25, -0.2) is 0 Å². The third kappa shape index (κ3) is 15.2. The maximum Gasteiger partial charge on any atom is 0.389 e. The van der Waals surface area contributed by atoms with E-state index in [0.29, 0.717) is 12.8 Å². The van der Waals surface area contributed by atoms with E-state index in [9.17, 15) is 23.1 Å². The first-order valence-corrected chi connectivity index (χ1v) is 28.4. The molecule has 339 valence electrons. The van der Waals surface area contributed by atoms with Crippen molar-refractivity contribution in [3.05, 3.63) is 131 Å². The van der Waals surface area contributed by atoms with E-state index >= 15 is 0 Å². The summed E-state index contributed by atoms with van der Waals surface area (Å²) < 4.78 is 69.6. The first kappa shape index (κ1) is 46.8. The molecule has 6 rings (SSSR count). The average molecular weight is 1070 g/mol. The van der Waals surface area contributed by atoms with Crippen LogP contribution in [0.15, 0.2) is 96.9 Å². The number of fused-ring (bicyclic) bond motifs is 2. The Balaban J connectivity index is 0.000000268. The molecule has 2 heterocycles. The van der Waals surface area contributed by atoms with Gasteiger partial charge in [0, 0.05) is 50.4 Å². The van der Waals surface area contributed by atoms with Gasteiger partial charge in [0.2, 0.25) is 0 Å². The number of aromatic nitrogens is 2. The molecule has 0 amide bonds. The van der Waals surface area contributed by atoms with E-state index in [2.05, 4.69) is 124 Å². The second-order valence-electron chi connectivity index (χ2n) is 18.3. The van der Waals surface area contributed by atoms with Crippen LogP contribution in [0.4, 0.5) is 13.2 Å². The standard InChI is InChI=1S/2C20H22NSi.C13H21F3O2.Ir/c2*1-14-10-15(2)12-17(11-14)20-19-7-6-18(22(3,4)5)13-16(19)8-9-21-20;1-4-9(5-2)11(17)7-12(18)10(6-3)8-13(14,15)16;/h2*6-11,13H,1-5H3;7,9-10,18H,4-6,8H2,1-3H3;/q2*-1;;/b;;12-7-;/i2*8D,9D;;. The molecule has 0 spiro atoms. The van der Waals surface area contributed by atoms with E-state index in [1.807, 2.05) is 39.8 Å². The maximum absolute atomic E-state index is 12.3. The van der Waals surface area contributed by atoms with Gasteiger partial charge in [-0.3, -0.25) is 4.79 Å². The molecule has 6 aromatic rings. The predicted molar refractivity (Wildman–Crippen MR) is 261 cm³/mol. The minimum absolute atomic E-state index is 0. The number of halogens is 3. The van der Waals surface area contributed by atoms with E-state index in [1.165, 1.54) is 10.4 Å². The van der Waals surface area contributed by atoms with Crippen LogP contribution >= 0.6 is 0 Å². The minimum atomic E-state index is -4.33. The van der Waals surface area contributed by atoms with Gasteiger partial charge in [-0.2, -0.15) is 13.2 Å². The van der Waals surface area contributed by atoms with E-state index < -0.39 is 40.4 Å². The van der Waals surface area contributed by atoms with Crippen LogP contribution in [0.3, 0.4) is 0 Å². The van der Waals surface area contributed by atoms with E-state index in [4.69, 9.17) is 5.48 Å². The SMILES string of the molecule is CCC(CC)C(=O)/C=C(\O)C(CC)CC(F)(F)F.[2H]c1nc(-c2[c-]c(C)cc(C)c2)c2ccc([Si](C)(C)C)cc2c1[2H].[2H]c1nc(-c2[c-]c(C)cc(C)c2)c2ccc([Si](C)(C)C)cc2c1[2H].[Ir]. The molecule has 0 aliphatic heterocycles. The number of allylic oxidation sites excluding steroid dienone is 2. The number of pyridine rings is 2. The second-order valence-corrected chi connectivity index (χ2v) is 28.5. The normalized spacial score (nSPS) is 13.4. The number of hydrogen-bond donors (Lipinski definition) is 1. The van der Waals surface area contributed by atoms with Crippen LogP contribution in [0.5, 0.6) is 0 Å². The number of carbonyl (C=O) groups is 1. The van der Waals surface area contributed by atoms with Crippen molar-refractivity contribution in [3.63, 3.8) is 0 Å². The molecule has 10 heteroatoms. The maximum atomic E-state index is 12.3. The number of aliphatic hydroxyl groups excluding tert-OH is 1. The Hall–Kier alpha value is -4.22. The quantitative estimate of drug-likeness (QED) is 0.0608. The molecule has 1 radical (unpaired) electrons. The Labute approximate surface area is 395 Å². The van der Waals surface area contributed by atoms with Crippen LogP contribution in [0.2, 0.25) is 39.3 Å². The third-order valence-corrected chi connectivity index (χ3v) is 15.0. The Bertz CT molecular complexity index is 2550. The van der Waals surface area contributed by atoms with Crippen LogP contribution in [-0.4, -0.2) is 43.2 Å². The molecule has 63 heavy (non-hydrogen) atoms. The van der Waals surface area contributed by atoms with E-state index in [1.54, 1.807) is 6.92 Å². The Kier molecular flexibility index (Phi) is 16.8. The Morgan fingerprint density at radius 1 is 0.698 bits per heavy atom. The summed E-state index contributed by atoms with van der Waals surface area (Å²) in [5, 5.41) is 15.7. The summed E-state index contributed by atoms with van der Waals surface area (Å²) in [4.78, 5) is 20.5. The van der Waals surface area contributed by atoms with Gasteiger partial charge in [0.25, 0.3) is 0 Å². The van der Waals surface area contributed by atoms with Crippen molar-refractivity contribution in [1.82, 2.24) is 9.97 Å². The number of carbonyl (C=O) groups excluding carboxylic acids is 1. The summed E-state index contributed by atoms with van der Waals surface area (Å²) in [7, 11) is -2.96. The number of alkyl halides is 3. The minimum Gasteiger partial charge on any atom is -0.512 e. The van der Waals surface area contributed by atoms with Crippen LogP contribution in [0.1, 0.15) is 74.2 Å². The number of benzene rings is 4. The van der Waals surface area contributed by atoms with Gasteiger partial charge in [-0.05, 0) is 64.3 Å². The van der Waals surface area contributed by atoms with Crippen LogP contribution in [-0.2, 0) is 24.9 Å². The van der Waals surface area contributed by atoms with Crippen LogP contribution < -0.4 is 10.4 Å². The molecular weight excluding hydrogens is 1000 g/mol. The number of nitrogens with zero attached hydrogens (tertiary/aromatic N) is 2. The smallest absolute Gasteiger partial charge is 0.389 e. The van der Waals surface area contributed by atoms with Gasteiger partial charge in [0.05, 0.1) is 33.8 Å². The molecule has 0 saturated heterocycles. The molecule has 0 fully saturated rings. The van der Waals surface area contributed by atoms with Gasteiger partial charge in [-0.15, -0.1) is 69.8 Å². The third-order valence-electron chi connectivity index (χ3n) is 10.9. The van der Waals surface area contributed by atoms with Crippen molar-refractivity contribution in [2.45, 2.75) is 120 Å². The largest absolute Gasteiger partial charge is 0.512 e. The van der Waals surface area contributed by atoms with Gasteiger partial charge in [0.15, 0.2) is 5.78 Å². The van der Waals surface area contributed by atoms with Crippen molar-refractivity contribution in [1.29, 1.82) is 0 Å². The number of aryl methyl sites for hydroxylation is 4. The molecule has 4 nitrogen and oxygen atoms in total. The van der Waals surface area contributed by atoms with Crippen molar-refractivity contribution in [2.24, 2.45) is 11.8 Å². The van der Waals surface area contributed by atoms with Gasteiger partial charge in [-0.1, -0.05) is 135 Å². The monoisotopic (exact) mass is 1070 g/mol. The summed E-state index contributed by atoms with van der Waals surface area (Å²) in [6, 6.07) is 28.0. The van der Waals surface area contributed by atoms with Crippen LogP contribution in [0, 0.1) is 51.7 Å². The zero-order valence-corrected chi connectivity index (χ0v) is 43.4. The van der Waals surface area contributed by atoms with Gasteiger partial charge >= 0.3 is 6.18 Å². The summed E-state index contributed by atoms with van der Waals surface area (Å²) >= 11 is 0. The number of hydrogen-bond acceptors (Lipinski definition) is 4. The van der Waals surface area contributed by atoms with Gasteiger partial charge < -0.3 is 15.1 Å². The number of ketones is 1. The fourth-order valence-corrected chi connectivity index (χ4v) is 9.64. The van der Waals surface area contributed by atoms with E-state index in [0.717, 1.165) is 72.4 Å². The first-order valence-electron chi connectivity index (χ1n) is 23.4. The first-order chi connectivity index (χ1) is 30.6. The molecule has 2 aromatic heterocycles. The molecule has 0 aliphatic carbocycles. The second kappa shape index (κ2) is 22.6. The van der Waals surface area contributed by atoms with Crippen molar-refractivity contribution < 1.29 is 48.7 Å². The predicted octanol–water partition coefficient (Wildman–Crippen LogP) is 14.1. The molecule has 0 aliphatic rings. The molecule has 0 bridgehead atoms. The van der Waals surface area contributed by atoms with Crippen LogP contribution in [0.25, 0.3) is 44.1 Å². The fraction of sp³-hybridized carbons (Fsp3) is 0.377. The topological polar surface area (TPSA) is 63.1 Å². The molecule has 1 unspecified atom stereocenters. The summed E-state index contributed by atoms with van der Waals surface area (Å²) in [6.07, 6.45) is -3.02. The van der Waals surface area contributed by atoms with Crippen molar-refractivity contribution >= 4 is 53.8 Å². The number of aliphatic hydroxyl groups is 1. The molecule has 1 atom stereocenters. The molecule has 4 aromatic carbocycles. The van der Waals surface area contributed by atoms with Crippen molar-refractivity contribution in [3.8, 4) is 22.5 Å². The summed E-state index contributed by atoms with van der Waals surface area (Å²) in [6.45, 7) is 27.1. The zero-order chi connectivity index (χ0) is 49.6. The molecule has 0 saturated carbocycles. The Morgan fingerprint density at radius 2 is 1.10 bits per heavy atom. The summed E-state index contributed by atoms with van der Waals surface area (Å²) in [5.74, 6) is -2.00. The molecule has 1 N–H and O–H groups in total. The van der Waals surface area contributed by atoms with Crippen molar-refractivity contribution in [2.75, 3.05) is 0 Å². The molecular formula is C53H65F3IrN2O2Si2-2. The average Bonchev–Trinajstić information content (AvgIpc) is 3.21. The van der Waals surface area contributed by atoms with E-state index in [-0.39, 0.29) is 62.7 Å². The van der Waals surface area contributed by atoms with Gasteiger partial charge in [0.1, 0.15) is 0 Å².